The van der Waals surface area contributed by atoms with Crippen molar-refractivity contribution in [2.24, 2.45) is 0 Å². The summed E-state index contributed by atoms with van der Waals surface area (Å²) in [7, 11) is 2.15. The average Bonchev–Trinajstić information content (AvgIpc) is 2.31. The summed E-state index contributed by atoms with van der Waals surface area (Å²) in [5.74, 6) is 0. The van der Waals surface area contributed by atoms with Gasteiger partial charge in [0.1, 0.15) is 0 Å². The number of nitrogens with zero attached hydrogens (tertiary/aromatic N) is 2. The summed E-state index contributed by atoms with van der Waals surface area (Å²) >= 11 is 6.38. The van der Waals surface area contributed by atoms with Crippen molar-refractivity contribution in [3.05, 3.63) is 30.1 Å². The van der Waals surface area contributed by atoms with Crippen LogP contribution in [0.3, 0.4) is 0 Å². The van der Waals surface area contributed by atoms with Gasteiger partial charge in [-0.25, -0.2) is 0 Å². The molecule has 0 bridgehead atoms. The van der Waals surface area contributed by atoms with E-state index >= 15 is 0 Å². The van der Waals surface area contributed by atoms with Crippen molar-refractivity contribution in [1.29, 1.82) is 0 Å². The quantitative estimate of drug-likeness (QED) is 0.753. The Kier molecular flexibility index (Phi) is 4.19. The van der Waals surface area contributed by atoms with Crippen molar-refractivity contribution in [3.63, 3.8) is 0 Å². The summed E-state index contributed by atoms with van der Waals surface area (Å²) in [5, 5.41) is 0.308. The number of rotatable bonds is 3. The molecule has 1 aliphatic rings. The Labute approximate surface area is 103 Å². The number of alkyl halides is 1. The van der Waals surface area contributed by atoms with Gasteiger partial charge in [-0.2, -0.15) is 0 Å². The molecule has 0 aromatic carbocycles. The minimum atomic E-state index is 0.308. The van der Waals surface area contributed by atoms with Gasteiger partial charge in [0.05, 0.1) is 5.69 Å². The molecule has 0 spiro atoms. The fraction of sp³-hybridized carbons (Fsp3) is 0.615. The third kappa shape index (κ3) is 2.96. The van der Waals surface area contributed by atoms with Gasteiger partial charge < -0.3 is 0 Å². The van der Waals surface area contributed by atoms with Crippen molar-refractivity contribution in [2.75, 3.05) is 7.05 Å². The van der Waals surface area contributed by atoms with Gasteiger partial charge in [-0.3, -0.25) is 9.88 Å². The molecule has 1 heterocycles. The summed E-state index contributed by atoms with van der Waals surface area (Å²) < 4.78 is 0. The van der Waals surface area contributed by atoms with E-state index in [0.29, 0.717) is 11.4 Å². The molecule has 16 heavy (non-hydrogen) atoms. The van der Waals surface area contributed by atoms with Crippen molar-refractivity contribution in [2.45, 2.75) is 43.6 Å². The lowest BCUT2D eigenvalue weighted by molar-refractivity contribution is 0.186. The Hall–Kier alpha value is -0.600. The zero-order valence-electron chi connectivity index (χ0n) is 9.77. The molecule has 0 amide bonds. The molecule has 0 radical (unpaired) electrons. The molecule has 2 unspecified atom stereocenters. The second kappa shape index (κ2) is 5.65. The summed E-state index contributed by atoms with van der Waals surface area (Å²) in [6.07, 6.45) is 6.81. The number of pyridine rings is 1. The standard InChI is InChI=1S/C13H19ClN2/c1-16(10-11-6-4-5-9-15-11)13-8-3-2-7-12(13)14/h4-6,9,12-13H,2-3,7-8,10H2,1H3. The Morgan fingerprint density at radius 1 is 1.38 bits per heavy atom. The molecule has 0 saturated heterocycles. The van der Waals surface area contributed by atoms with Crippen LogP contribution >= 0.6 is 11.6 Å². The van der Waals surface area contributed by atoms with Crippen LogP contribution in [0.15, 0.2) is 24.4 Å². The monoisotopic (exact) mass is 238 g/mol. The van der Waals surface area contributed by atoms with Gasteiger partial charge in [0.15, 0.2) is 0 Å². The molecule has 0 N–H and O–H groups in total. The van der Waals surface area contributed by atoms with Gasteiger partial charge in [-0.1, -0.05) is 18.9 Å². The highest BCUT2D eigenvalue weighted by atomic mass is 35.5. The molecule has 88 valence electrons. The van der Waals surface area contributed by atoms with E-state index in [-0.39, 0.29) is 0 Å². The summed E-state index contributed by atoms with van der Waals surface area (Å²) in [4.78, 5) is 6.70. The van der Waals surface area contributed by atoms with Crippen LogP contribution in [0.2, 0.25) is 0 Å². The van der Waals surface area contributed by atoms with Crippen LogP contribution in [-0.4, -0.2) is 28.4 Å². The van der Waals surface area contributed by atoms with Gasteiger partial charge in [0, 0.05) is 24.2 Å². The molecule has 1 aromatic rings. The normalized spacial score (nSPS) is 25.9. The first kappa shape index (κ1) is 11.9. The first-order chi connectivity index (χ1) is 7.77. The third-order valence-corrected chi connectivity index (χ3v) is 3.86. The summed E-state index contributed by atoms with van der Waals surface area (Å²) in [5.41, 5.74) is 1.12. The summed E-state index contributed by atoms with van der Waals surface area (Å²) in [6, 6.07) is 6.57. The topological polar surface area (TPSA) is 16.1 Å². The highest BCUT2D eigenvalue weighted by molar-refractivity contribution is 6.21. The Morgan fingerprint density at radius 3 is 2.88 bits per heavy atom. The predicted molar refractivity (Wildman–Crippen MR) is 67.6 cm³/mol. The number of hydrogen-bond donors (Lipinski definition) is 0. The van der Waals surface area contributed by atoms with Crippen LogP contribution in [0.25, 0.3) is 0 Å². The molecule has 1 fully saturated rings. The zero-order valence-corrected chi connectivity index (χ0v) is 10.5. The highest BCUT2D eigenvalue weighted by Gasteiger charge is 2.26. The number of halogens is 1. The molecule has 1 aliphatic carbocycles. The van der Waals surface area contributed by atoms with E-state index in [1.54, 1.807) is 0 Å². The second-order valence-corrected chi connectivity index (χ2v) is 5.16. The molecule has 2 atom stereocenters. The zero-order chi connectivity index (χ0) is 11.4. The second-order valence-electron chi connectivity index (χ2n) is 4.60. The van der Waals surface area contributed by atoms with Crippen LogP contribution in [0.4, 0.5) is 0 Å². The maximum absolute atomic E-state index is 6.38. The van der Waals surface area contributed by atoms with Crippen LogP contribution in [-0.2, 0) is 6.54 Å². The maximum Gasteiger partial charge on any atom is 0.0543 e. The van der Waals surface area contributed by atoms with Crippen molar-refractivity contribution >= 4 is 11.6 Å². The largest absolute Gasteiger partial charge is 0.296 e. The van der Waals surface area contributed by atoms with E-state index < -0.39 is 0 Å². The lowest BCUT2D eigenvalue weighted by Gasteiger charge is -2.34. The van der Waals surface area contributed by atoms with Crippen LogP contribution < -0.4 is 0 Å². The third-order valence-electron chi connectivity index (χ3n) is 3.35. The molecular formula is C13H19ClN2. The highest BCUT2D eigenvalue weighted by Crippen LogP contribution is 2.27. The van der Waals surface area contributed by atoms with Crippen LogP contribution in [0.5, 0.6) is 0 Å². The van der Waals surface area contributed by atoms with Gasteiger partial charge in [-0.05, 0) is 32.0 Å². The van der Waals surface area contributed by atoms with Gasteiger partial charge >= 0.3 is 0 Å². The number of aromatic nitrogens is 1. The van der Waals surface area contributed by atoms with E-state index in [1.165, 1.54) is 19.3 Å². The molecule has 0 aliphatic heterocycles. The van der Waals surface area contributed by atoms with Crippen molar-refractivity contribution < 1.29 is 0 Å². The Morgan fingerprint density at radius 2 is 2.19 bits per heavy atom. The van der Waals surface area contributed by atoms with Gasteiger partial charge in [0.2, 0.25) is 0 Å². The molecule has 1 saturated carbocycles. The average molecular weight is 239 g/mol. The van der Waals surface area contributed by atoms with Crippen LogP contribution in [0, 0.1) is 0 Å². The van der Waals surface area contributed by atoms with Gasteiger partial charge in [0.25, 0.3) is 0 Å². The molecule has 2 rings (SSSR count). The van der Waals surface area contributed by atoms with Crippen molar-refractivity contribution in [3.8, 4) is 0 Å². The first-order valence-corrected chi connectivity index (χ1v) is 6.45. The fourth-order valence-corrected chi connectivity index (χ4v) is 2.90. The van der Waals surface area contributed by atoms with E-state index in [1.807, 2.05) is 18.3 Å². The molecular weight excluding hydrogens is 220 g/mol. The minimum absolute atomic E-state index is 0.308. The summed E-state index contributed by atoms with van der Waals surface area (Å²) in [6.45, 7) is 0.898. The maximum atomic E-state index is 6.38. The lowest BCUT2D eigenvalue weighted by atomic mass is 9.94. The van der Waals surface area contributed by atoms with Gasteiger partial charge in [-0.15, -0.1) is 11.6 Å². The van der Waals surface area contributed by atoms with Crippen molar-refractivity contribution in [1.82, 2.24) is 9.88 Å². The van der Waals surface area contributed by atoms with E-state index in [2.05, 4.69) is 23.0 Å². The molecule has 3 heteroatoms. The predicted octanol–water partition coefficient (Wildman–Crippen LogP) is 3.06. The SMILES string of the molecule is CN(Cc1ccccn1)C1CCCCC1Cl. The number of hydrogen-bond acceptors (Lipinski definition) is 2. The van der Waals surface area contributed by atoms with E-state index in [0.717, 1.165) is 18.7 Å². The van der Waals surface area contributed by atoms with E-state index in [9.17, 15) is 0 Å². The lowest BCUT2D eigenvalue weighted by Crippen LogP contribution is -2.40. The smallest absolute Gasteiger partial charge is 0.0543 e. The molecule has 1 aromatic heterocycles. The first-order valence-electron chi connectivity index (χ1n) is 6.01. The Balaban J connectivity index is 1.94. The minimum Gasteiger partial charge on any atom is -0.296 e. The van der Waals surface area contributed by atoms with Crippen LogP contribution in [0.1, 0.15) is 31.4 Å². The Bertz CT molecular complexity index is 315. The molecule has 2 nitrogen and oxygen atoms in total. The fourth-order valence-electron chi connectivity index (χ4n) is 2.43. The van der Waals surface area contributed by atoms with E-state index in [4.69, 9.17) is 11.6 Å².